The zero-order valence-corrected chi connectivity index (χ0v) is 13.8. The summed E-state index contributed by atoms with van der Waals surface area (Å²) in [7, 11) is 0. The Balaban J connectivity index is 1.60. The molecule has 0 bridgehead atoms. The van der Waals surface area contributed by atoms with Crippen LogP contribution in [0.5, 0.6) is 0 Å². The molecule has 2 heterocycles. The normalized spacial score (nSPS) is 21.9. The third kappa shape index (κ3) is 2.59. The Morgan fingerprint density at radius 2 is 1.62 bits per heavy atom. The highest BCUT2D eigenvalue weighted by atomic mass is 32.2. The van der Waals surface area contributed by atoms with E-state index in [1.807, 2.05) is 48.5 Å². The minimum Gasteiger partial charge on any atom is -0.480 e. The molecular weight excluding hydrogens is 322 g/mol. The van der Waals surface area contributed by atoms with Crippen molar-refractivity contribution in [3.63, 3.8) is 0 Å². The van der Waals surface area contributed by atoms with Crippen LogP contribution in [0.4, 0.5) is 0 Å². The number of carbonyl (C=O) groups is 2. The molecule has 2 unspecified atom stereocenters. The van der Waals surface area contributed by atoms with Gasteiger partial charge in [-0.05, 0) is 29.2 Å². The van der Waals surface area contributed by atoms with Gasteiger partial charge in [0.2, 0.25) is 5.91 Å². The van der Waals surface area contributed by atoms with Gasteiger partial charge in [0.05, 0.1) is 5.25 Å². The van der Waals surface area contributed by atoms with Gasteiger partial charge in [-0.15, -0.1) is 11.8 Å². The Kier molecular flexibility index (Phi) is 3.81. The van der Waals surface area contributed by atoms with Crippen LogP contribution >= 0.6 is 11.8 Å². The number of benzene rings is 2. The number of fused-ring (bicyclic) bond motifs is 2. The predicted octanol–water partition coefficient (Wildman–Crippen LogP) is 2.74. The number of nitrogens with zero attached hydrogens (tertiary/aromatic N) is 1. The highest BCUT2D eigenvalue weighted by Gasteiger charge is 2.39. The van der Waals surface area contributed by atoms with Crippen LogP contribution in [0.25, 0.3) is 0 Å². The summed E-state index contributed by atoms with van der Waals surface area (Å²) in [5.41, 5.74) is 3.24. The van der Waals surface area contributed by atoms with E-state index in [0.29, 0.717) is 19.4 Å². The molecule has 5 heteroatoms. The number of hydrogen-bond acceptors (Lipinski definition) is 3. The van der Waals surface area contributed by atoms with E-state index >= 15 is 0 Å². The van der Waals surface area contributed by atoms with E-state index in [4.69, 9.17) is 0 Å². The summed E-state index contributed by atoms with van der Waals surface area (Å²) < 4.78 is 0. The van der Waals surface area contributed by atoms with Gasteiger partial charge in [-0.3, -0.25) is 4.79 Å². The lowest BCUT2D eigenvalue weighted by atomic mass is 9.93. The Bertz CT molecular complexity index is 795. The number of amides is 1. The molecule has 0 aromatic heterocycles. The molecule has 1 N–H and O–H groups in total. The molecule has 0 aliphatic carbocycles. The highest BCUT2D eigenvalue weighted by molar-refractivity contribution is 8.01. The molecule has 2 atom stereocenters. The molecule has 0 saturated carbocycles. The minimum absolute atomic E-state index is 0.0712. The van der Waals surface area contributed by atoms with E-state index in [0.717, 1.165) is 16.0 Å². The molecule has 2 aliphatic rings. The van der Waals surface area contributed by atoms with Crippen LogP contribution in [-0.2, 0) is 29.0 Å². The topological polar surface area (TPSA) is 57.6 Å². The molecule has 24 heavy (non-hydrogen) atoms. The van der Waals surface area contributed by atoms with Gasteiger partial charge in [0.15, 0.2) is 0 Å². The number of aliphatic carboxylic acids is 1. The highest BCUT2D eigenvalue weighted by Crippen LogP contribution is 2.38. The molecule has 2 aromatic carbocycles. The Morgan fingerprint density at radius 3 is 2.33 bits per heavy atom. The Hall–Kier alpha value is -2.27. The summed E-state index contributed by atoms with van der Waals surface area (Å²) >= 11 is 1.55. The molecule has 0 fully saturated rings. The fourth-order valence-corrected chi connectivity index (χ4v) is 4.75. The number of carbonyl (C=O) groups excluding carboxylic acids is 1. The number of carboxylic acid groups (broad SMARTS) is 1. The summed E-state index contributed by atoms with van der Waals surface area (Å²) in [6, 6.07) is 15.0. The van der Waals surface area contributed by atoms with Crippen LogP contribution in [0.15, 0.2) is 53.4 Å². The van der Waals surface area contributed by atoms with Crippen molar-refractivity contribution in [3.8, 4) is 0 Å². The predicted molar refractivity (Wildman–Crippen MR) is 91.9 cm³/mol. The quantitative estimate of drug-likeness (QED) is 0.914. The van der Waals surface area contributed by atoms with Crippen LogP contribution in [-0.4, -0.2) is 33.2 Å². The average molecular weight is 339 g/mol. The number of hydrogen-bond donors (Lipinski definition) is 1. The van der Waals surface area contributed by atoms with E-state index in [1.54, 1.807) is 16.7 Å². The van der Waals surface area contributed by atoms with Crippen molar-refractivity contribution in [2.45, 2.75) is 35.6 Å². The Morgan fingerprint density at radius 1 is 0.958 bits per heavy atom. The molecule has 1 amide bonds. The number of thioether (sulfide) groups is 1. The minimum atomic E-state index is -0.932. The maximum Gasteiger partial charge on any atom is 0.326 e. The van der Waals surface area contributed by atoms with Crippen molar-refractivity contribution in [1.82, 2.24) is 4.90 Å². The molecule has 2 aliphatic heterocycles. The molecule has 0 saturated heterocycles. The lowest BCUT2D eigenvalue weighted by Crippen LogP contribution is -2.51. The second-order valence-electron chi connectivity index (χ2n) is 6.21. The second-order valence-corrected chi connectivity index (χ2v) is 7.46. The van der Waals surface area contributed by atoms with Crippen LogP contribution in [0.3, 0.4) is 0 Å². The van der Waals surface area contributed by atoms with Gasteiger partial charge in [-0.25, -0.2) is 4.79 Å². The molecule has 2 aromatic rings. The SMILES string of the molecule is O=C(O)C1Cc2ccccc2CN1C(=O)C1Cc2ccccc2S1. The lowest BCUT2D eigenvalue weighted by molar-refractivity contribution is -0.151. The third-order valence-corrected chi connectivity index (χ3v) is 6.04. The van der Waals surface area contributed by atoms with Crippen molar-refractivity contribution in [2.24, 2.45) is 0 Å². The Labute approximate surface area is 144 Å². The van der Waals surface area contributed by atoms with Crippen molar-refractivity contribution < 1.29 is 14.7 Å². The van der Waals surface area contributed by atoms with E-state index in [1.165, 1.54) is 5.56 Å². The maximum atomic E-state index is 13.0. The van der Waals surface area contributed by atoms with Crippen LogP contribution in [0.1, 0.15) is 16.7 Å². The lowest BCUT2D eigenvalue weighted by Gasteiger charge is -2.35. The second kappa shape index (κ2) is 5.98. The zero-order chi connectivity index (χ0) is 16.7. The first-order valence-electron chi connectivity index (χ1n) is 7.98. The number of carboxylic acids is 1. The van der Waals surface area contributed by atoms with Gasteiger partial charge in [-0.1, -0.05) is 42.5 Å². The van der Waals surface area contributed by atoms with Crippen molar-refractivity contribution in [2.75, 3.05) is 0 Å². The maximum absolute atomic E-state index is 13.0. The average Bonchev–Trinajstić information content (AvgIpc) is 3.04. The third-order valence-electron chi connectivity index (χ3n) is 4.74. The molecule has 0 radical (unpaired) electrons. The largest absolute Gasteiger partial charge is 0.480 e. The van der Waals surface area contributed by atoms with Crippen molar-refractivity contribution >= 4 is 23.6 Å². The van der Waals surface area contributed by atoms with Crippen molar-refractivity contribution in [1.29, 1.82) is 0 Å². The molecular formula is C19H17NO3S. The van der Waals surface area contributed by atoms with Gasteiger partial charge < -0.3 is 10.0 Å². The number of rotatable bonds is 2. The summed E-state index contributed by atoms with van der Waals surface area (Å²) in [5.74, 6) is -1.00. The van der Waals surface area contributed by atoms with Gasteiger partial charge in [0, 0.05) is 17.9 Å². The van der Waals surface area contributed by atoms with Crippen LogP contribution < -0.4 is 0 Å². The van der Waals surface area contributed by atoms with Gasteiger partial charge in [0.1, 0.15) is 6.04 Å². The first-order valence-corrected chi connectivity index (χ1v) is 8.86. The summed E-state index contributed by atoms with van der Waals surface area (Å²) in [6.45, 7) is 0.374. The van der Waals surface area contributed by atoms with Gasteiger partial charge in [0.25, 0.3) is 0 Å². The van der Waals surface area contributed by atoms with E-state index in [2.05, 4.69) is 0 Å². The molecule has 4 rings (SSSR count). The van der Waals surface area contributed by atoms with Gasteiger partial charge >= 0.3 is 5.97 Å². The molecule has 4 nitrogen and oxygen atoms in total. The fourth-order valence-electron chi connectivity index (χ4n) is 3.48. The summed E-state index contributed by atoms with van der Waals surface area (Å²) in [4.78, 5) is 27.4. The molecule has 122 valence electrons. The first-order chi connectivity index (χ1) is 11.6. The smallest absolute Gasteiger partial charge is 0.326 e. The van der Waals surface area contributed by atoms with Crippen LogP contribution in [0.2, 0.25) is 0 Å². The fraction of sp³-hybridized carbons (Fsp3) is 0.263. The first kappa shape index (κ1) is 15.3. The van der Waals surface area contributed by atoms with E-state index in [-0.39, 0.29) is 11.2 Å². The summed E-state index contributed by atoms with van der Waals surface area (Å²) in [6.07, 6.45) is 1.05. The van der Waals surface area contributed by atoms with Crippen molar-refractivity contribution in [3.05, 3.63) is 65.2 Å². The van der Waals surface area contributed by atoms with E-state index in [9.17, 15) is 14.7 Å². The standard InChI is InChI=1S/C19H17NO3S/c21-18(17-10-13-6-3-4-8-16(13)24-17)20-11-14-7-2-1-5-12(14)9-15(20)19(22)23/h1-8,15,17H,9-11H2,(H,22,23). The van der Waals surface area contributed by atoms with E-state index < -0.39 is 12.0 Å². The van der Waals surface area contributed by atoms with Gasteiger partial charge in [-0.2, -0.15) is 0 Å². The molecule has 0 spiro atoms. The zero-order valence-electron chi connectivity index (χ0n) is 13.0. The summed E-state index contributed by atoms with van der Waals surface area (Å²) in [5, 5.41) is 9.37. The monoisotopic (exact) mass is 339 g/mol. The van der Waals surface area contributed by atoms with Crippen LogP contribution in [0, 0.1) is 0 Å².